The van der Waals surface area contributed by atoms with Crippen molar-refractivity contribution in [2.45, 2.75) is 39.3 Å². The van der Waals surface area contributed by atoms with E-state index in [1.54, 1.807) is 6.20 Å². The largest absolute Gasteiger partial charge is 0.473 e. The van der Waals surface area contributed by atoms with E-state index in [-0.39, 0.29) is 11.9 Å². The van der Waals surface area contributed by atoms with Crippen molar-refractivity contribution in [3.05, 3.63) is 59.2 Å². The van der Waals surface area contributed by atoms with Gasteiger partial charge in [0.15, 0.2) is 0 Å². The summed E-state index contributed by atoms with van der Waals surface area (Å²) in [7, 11) is 0. The lowest BCUT2D eigenvalue weighted by atomic mass is 10.2. The number of nitrogens with zero attached hydrogens (tertiary/aromatic N) is 2. The topological polar surface area (TPSA) is 36.3 Å². The van der Waals surface area contributed by atoms with Gasteiger partial charge >= 0.3 is 0 Å². The number of ether oxygens (including phenoxy) is 2. The molecule has 1 aliphatic rings. The second-order valence-corrected chi connectivity index (χ2v) is 6.88. The van der Waals surface area contributed by atoms with E-state index in [1.165, 1.54) is 23.4 Å². The minimum atomic E-state index is -0.221. The second-order valence-electron chi connectivity index (χ2n) is 6.88. The van der Waals surface area contributed by atoms with Crippen molar-refractivity contribution >= 4 is 10.9 Å². The van der Waals surface area contributed by atoms with Gasteiger partial charge in [0.1, 0.15) is 17.9 Å². The van der Waals surface area contributed by atoms with Gasteiger partial charge in [-0.15, -0.1) is 0 Å². The van der Waals surface area contributed by atoms with Crippen LogP contribution in [0.2, 0.25) is 0 Å². The summed E-state index contributed by atoms with van der Waals surface area (Å²) in [5.41, 5.74) is 4.41. The lowest BCUT2D eigenvalue weighted by Crippen LogP contribution is -2.17. The van der Waals surface area contributed by atoms with Gasteiger partial charge in [0.05, 0.1) is 6.10 Å². The zero-order valence-electron chi connectivity index (χ0n) is 15.2. The fourth-order valence-electron chi connectivity index (χ4n) is 3.59. The van der Waals surface area contributed by atoms with Gasteiger partial charge in [0, 0.05) is 30.4 Å². The average Bonchev–Trinajstić information content (AvgIpc) is 3.25. The maximum Gasteiger partial charge on any atom is 0.238 e. The van der Waals surface area contributed by atoms with Crippen LogP contribution in [0.3, 0.4) is 0 Å². The van der Waals surface area contributed by atoms with Crippen LogP contribution in [0.1, 0.15) is 29.7 Å². The van der Waals surface area contributed by atoms with Crippen LogP contribution in [0.25, 0.3) is 10.9 Å². The highest BCUT2D eigenvalue weighted by Crippen LogP contribution is 2.32. The third-order valence-corrected chi connectivity index (χ3v) is 5.20. The molecule has 0 radical (unpaired) electrons. The lowest BCUT2D eigenvalue weighted by Gasteiger charge is -2.14. The van der Waals surface area contributed by atoms with E-state index in [9.17, 15) is 4.39 Å². The van der Waals surface area contributed by atoms with Crippen LogP contribution < -0.4 is 4.74 Å². The van der Waals surface area contributed by atoms with Crippen LogP contribution >= 0.6 is 0 Å². The minimum Gasteiger partial charge on any atom is -0.473 e. The number of rotatable bonds is 5. The van der Waals surface area contributed by atoms with E-state index >= 15 is 0 Å². The number of aromatic nitrogens is 2. The van der Waals surface area contributed by atoms with Crippen molar-refractivity contribution in [1.82, 2.24) is 9.55 Å². The van der Waals surface area contributed by atoms with Crippen LogP contribution in [-0.2, 0) is 11.3 Å². The number of benzene rings is 1. The number of aryl methyl sites for hydroxylation is 1. The fourth-order valence-corrected chi connectivity index (χ4v) is 3.59. The van der Waals surface area contributed by atoms with E-state index in [4.69, 9.17) is 9.47 Å². The molecule has 0 aliphatic carbocycles. The van der Waals surface area contributed by atoms with Gasteiger partial charge in [-0.1, -0.05) is 12.1 Å². The Morgan fingerprint density at radius 1 is 1.23 bits per heavy atom. The quantitative estimate of drug-likeness (QED) is 0.681. The molecule has 1 fully saturated rings. The summed E-state index contributed by atoms with van der Waals surface area (Å²) in [6.07, 6.45) is 4.06. The molecule has 4 nitrogen and oxygen atoms in total. The van der Waals surface area contributed by atoms with Gasteiger partial charge in [-0.25, -0.2) is 9.37 Å². The molecule has 1 saturated heterocycles. The number of pyridine rings is 1. The Hall–Kier alpha value is -2.40. The van der Waals surface area contributed by atoms with Gasteiger partial charge in [-0.3, -0.25) is 0 Å². The van der Waals surface area contributed by atoms with Crippen molar-refractivity contribution in [3.8, 4) is 5.88 Å². The molecule has 2 aromatic heterocycles. The fraction of sp³-hybridized carbons (Fsp3) is 0.381. The summed E-state index contributed by atoms with van der Waals surface area (Å²) in [5, 5.41) is 1.14. The first-order valence-electron chi connectivity index (χ1n) is 9.06. The molecule has 0 amide bonds. The molecule has 0 N–H and O–H groups in total. The minimum absolute atomic E-state index is 0.148. The second kappa shape index (κ2) is 7.08. The summed E-state index contributed by atoms with van der Waals surface area (Å²) in [5.74, 6) is 0.414. The predicted octanol–water partition coefficient (Wildman–Crippen LogP) is 4.40. The zero-order valence-corrected chi connectivity index (χ0v) is 15.2. The molecule has 1 atom stereocenters. The predicted molar refractivity (Wildman–Crippen MR) is 99.2 cm³/mol. The van der Waals surface area contributed by atoms with Crippen LogP contribution in [0.15, 0.2) is 36.5 Å². The van der Waals surface area contributed by atoms with Crippen molar-refractivity contribution in [2.24, 2.45) is 0 Å². The first-order valence-corrected chi connectivity index (χ1v) is 9.06. The van der Waals surface area contributed by atoms with Gasteiger partial charge < -0.3 is 14.0 Å². The summed E-state index contributed by atoms with van der Waals surface area (Å²) < 4.78 is 27.1. The van der Waals surface area contributed by atoms with Gasteiger partial charge in [-0.2, -0.15) is 0 Å². The molecule has 1 unspecified atom stereocenters. The van der Waals surface area contributed by atoms with E-state index in [1.807, 2.05) is 18.2 Å². The zero-order chi connectivity index (χ0) is 18.1. The average molecular weight is 354 g/mol. The van der Waals surface area contributed by atoms with Crippen LogP contribution in [0.4, 0.5) is 4.39 Å². The smallest absolute Gasteiger partial charge is 0.238 e. The molecule has 3 heterocycles. The summed E-state index contributed by atoms with van der Waals surface area (Å²) >= 11 is 0. The maximum absolute atomic E-state index is 13.2. The Balaban J connectivity index is 1.70. The molecule has 1 aliphatic heterocycles. The molecule has 1 aromatic carbocycles. The molecule has 136 valence electrons. The molecule has 0 bridgehead atoms. The highest BCUT2D eigenvalue weighted by Gasteiger charge is 2.20. The number of fused-ring (bicyclic) bond motifs is 1. The van der Waals surface area contributed by atoms with E-state index in [0.717, 1.165) is 35.9 Å². The van der Waals surface area contributed by atoms with Gasteiger partial charge in [0.2, 0.25) is 5.88 Å². The Morgan fingerprint density at radius 3 is 2.77 bits per heavy atom. The standard InChI is InChI=1S/C21H23FN2O2/c1-14-15(2)24(12-16-5-7-17(22)8-6-16)20-19(14)9-10-23-21(20)26-13-18-4-3-11-25-18/h5-10,18H,3-4,11-13H2,1-2H3. The number of hydrogen-bond donors (Lipinski definition) is 0. The molecule has 5 heteroatoms. The molecule has 4 rings (SSSR count). The lowest BCUT2D eigenvalue weighted by molar-refractivity contribution is 0.0668. The highest BCUT2D eigenvalue weighted by atomic mass is 19.1. The highest BCUT2D eigenvalue weighted by molar-refractivity contribution is 5.89. The van der Waals surface area contributed by atoms with Gasteiger partial charge in [0.25, 0.3) is 0 Å². The van der Waals surface area contributed by atoms with Crippen LogP contribution in [0.5, 0.6) is 5.88 Å². The van der Waals surface area contributed by atoms with E-state index < -0.39 is 0 Å². The Labute approximate surface area is 152 Å². The molecular weight excluding hydrogens is 331 g/mol. The van der Waals surface area contributed by atoms with Crippen LogP contribution in [-0.4, -0.2) is 28.9 Å². The van der Waals surface area contributed by atoms with Crippen molar-refractivity contribution < 1.29 is 13.9 Å². The first kappa shape index (κ1) is 17.0. The van der Waals surface area contributed by atoms with Crippen LogP contribution in [0, 0.1) is 19.7 Å². The SMILES string of the molecule is Cc1c(C)n(Cc2ccc(F)cc2)c2c(OCC3CCCO3)nccc12. The molecule has 26 heavy (non-hydrogen) atoms. The maximum atomic E-state index is 13.2. The number of halogens is 1. The summed E-state index contributed by atoms with van der Waals surface area (Å²) in [6, 6.07) is 8.66. The first-order chi connectivity index (χ1) is 12.6. The monoisotopic (exact) mass is 354 g/mol. The third kappa shape index (κ3) is 3.19. The van der Waals surface area contributed by atoms with Crippen molar-refractivity contribution in [2.75, 3.05) is 13.2 Å². The summed E-state index contributed by atoms with van der Waals surface area (Å²) in [6.45, 7) is 6.20. The molecule has 3 aromatic rings. The number of hydrogen-bond acceptors (Lipinski definition) is 3. The van der Waals surface area contributed by atoms with E-state index in [0.29, 0.717) is 19.0 Å². The van der Waals surface area contributed by atoms with E-state index in [2.05, 4.69) is 23.4 Å². The van der Waals surface area contributed by atoms with Crippen molar-refractivity contribution in [1.29, 1.82) is 0 Å². The van der Waals surface area contributed by atoms with Crippen molar-refractivity contribution in [3.63, 3.8) is 0 Å². The Morgan fingerprint density at radius 2 is 2.04 bits per heavy atom. The Kier molecular flexibility index (Phi) is 4.64. The Bertz CT molecular complexity index is 912. The summed E-state index contributed by atoms with van der Waals surface area (Å²) in [4.78, 5) is 4.48. The third-order valence-electron chi connectivity index (χ3n) is 5.20. The van der Waals surface area contributed by atoms with Gasteiger partial charge in [-0.05, 0) is 56.0 Å². The molecule has 0 spiro atoms. The molecular formula is C21H23FN2O2. The molecule has 0 saturated carbocycles. The normalized spacial score (nSPS) is 17.1.